The molecule has 4 nitrogen and oxygen atoms in total. The summed E-state index contributed by atoms with van der Waals surface area (Å²) >= 11 is 0. The second-order valence-corrected chi connectivity index (χ2v) is 2.48. The number of amides is 1. The van der Waals surface area contributed by atoms with E-state index in [2.05, 4.69) is 4.84 Å². The fourth-order valence-electron chi connectivity index (χ4n) is 0.931. The van der Waals surface area contributed by atoms with Crippen molar-refractivity contribution in [3.05, 3.63) is 29.3 Å². The van der Waals surface area contributed by atoms with E-state index in [4.69, 9.17) is 11.6 Å². The molecule has 0 aliphatic rings. The maximum atomic E-state index is 10.8. The second kappa shape index (κ2) is 3.23. The van der Waals surface area contributed by atoms with Gasteiger partial charge >= 0.3 is 0 Å². The van der Waals surface area contributed by atoms with Crippen LogP contribution in [0.25, 0.3) is 0 Å². The maximum absolute atomic E-state index is 10.8. The highest BCUT2D eigenvalue weighted by molar-refractivity contribution is 5.95. The van der Waals surface area contributed by atoms with Gasteiger partial charge in [0.15, 0.2) is 5.75 Å². The minimum absolute atomic E-state index is 0.295. The van der Waals surface area contributed by atoms with Crippen LogP contribution in [0.1, 0.15) is 15.9 Å². The Labute approximate surface area is 70.1 Å². The molecule has 1 amide bonds. The summed E-state index contributed by atoms with van der Waals surface area (Å²) in [6.07, 6.45) is 0. The van der Waals surface area contributed by atoms with Gasteiger partial charge in [0, 0.05) is 0 Å². The van der Waals surface area contributed by atoms with E-state index in [1.54, 1.807) is 18.2 Å². The first-order chi connectivity index (χ1) is 5.65. The normalized spacial score (nSPS) is 9.50. The van der Waals surface area contributed by atoms with Crippen LogP contribution in [0.2, 0.25) is 0 Å². The van der Waals surface area contributed by atoms with Crippen LogP contribution in [0.5, 0.6) is 5.75 Å². The van der Waals surface area contributed by atoms with Gasteiger partial charge in [-0.2, -0.15) is 5.90 Å². The molecule has 1 aromatic carbocycles. The molecule has 0 heterocycles. The molecule has 0 saturated carbocycles. The van der Waals surface area contributed by atoms with Crippen molar-refractivity contribution >= 4 is 5.91 Å². The summed E-state index contributed by atoms with van der Waals surface area (Å²) in [5.41, 5.74) is 6.32. The standard InChI is InChI=1S/C8H10N2O2/c1-5-2-3-6(8(9)11)7(4-5)12-10/h2-4H,10H2,1H3,(H2,9,11). The molecule has 0 aromatic heterocycles. The third-order valence-corrected chi connectivity index (χ3v) is 1.53. The molecular weight excluding hydrogens is 156 g/mol. The summed E-state index contributed by atoms with van der Waals surface area (Å²) in [6.45, 7) is 1.87. The molecular formula is C8H10N2O2. The number of carbonyl (C=O) groups excluding carboxylic acids is 1. The lowest BCUT2D eigenvalue weighted by atomic mass is 10.1. The number of hydrogen-bond donors (Lipinski definition) is 2. The average Bonchev–Trinajstić information content (AvgIpc) is 2.03. The molecule has 1 aromatic rings. The molecule has 0 atom stereocenters. The van der Waals surface area contributed by atoms with Crippen LogP contribution in [0.3, 0.4) is 0 Å². The fourth-order valence-corrected chi connectivity index (χ4v) is 0.931. The molecule has 64 valence electrons. The summed E-state index contributed by atoms with van der Waals surface area (Å²) < 4.78 is 0. The fraction of sp³-hybridized carbons (Fsp3) is 0.125. The third kappa shape index (κ3) is 1.54. The van der Waals surface area contributed by atoms with Gasteiger partial charge in [0.1, 0.15) is 0 Å². The van der Waals surface area contributed by atoms with Crippen molar-refractivity contribution < 1.29 is 9.63 Å². The quantitative estimate of drug-likeness (QED) is 0.622. The predicted molar refractivity (Wildman–Crippen MR) is 44.5 cm³/mol. The van der Waals surface area contributed by atoms with Crippen LogP contribution < -0.4 is 16.5 Å². The van der Waals surface area contributed by atoms with Crippen molar-refractivity contribution in [3.8, 4) is 5.75 Å². The van der Waals surface area contributed by atoms with E-state index in [1.807, 2.05) is 6.92 Å². The van der Waals surface area contributed by atoms with Crippen LogP contribution in [0, 0.1) is 6.92 Å². The van der Waals surface area contributed by atoms with E-state index in [-0.39, 0.29) is 0 Å². The van der Waals surface area contributed by atoms with Crippen molar-refractivity contribution in [1.82, 2.24) is 0 Å². The van der Waals surface area contributed by atoms with Crippen LogP contribution in [0.4, 0.5) is 0 Å². The van der Waals surface area contributed by atoms with Crippen LogP contribution in [0.15, 0.2) is 18.2 Å². The Morgan fingerprint density at radius 2 is 2.17 bits per heavy atom. The van der Waals surface area contributed by atoms with E-state index in [1.165, 1.54) is 0 Å². The zero-order valence-corrected chi connectivity index (χ0v) is 6.70. The van der Waals surface area contributed by atoms with Crippen molar-refractivity contribution in [2.24, 2.45) is 11.6 Å². The SMILES string of the molecule is Cc1ccc(C(N)=O)c(ON)c1. The number of aryl methyl sites for hydroxylation is 1. The van der Waals surface area contributed by atoms with Crippen molar-refractivity contribution in [3.63, 3.8) is 0 Å². The summed E-state index contributed by atoms with van der Waals surface area (Å²) in [4.78, 5) is 15.3. The van der Waals surface area contributed by atoms with E-state index in [9.17, 15) is 4.79 Å². The molecule has 1 rings (SSSR count). The number of rotatable bonds is 2. The van der Waals surface area contributed by atoms with Crippen molar-refractivity contribution in [2.75, 3.05) is 0 Å². The number of carbonyl (C=O) groups is 1. The molecule has 0 aliphatic carbocycles. The molecule has 0 aliphatic heterocycles. The molecule has 0 radical (unpaired) electrons. The van der Waals surface area contributed by atoms with Crippen molar-refractivity contribution in [2.45, 2.75) is 6.92 Å². The molecule has 0 fully saturated rings. The number of nitrogens with two attached hydrogens (primary N) is 2. The Hall–Kier alpha value is -1.55. The Bertz CT molecular complexity index is 310. The van der Waals surface area contributed by atoms with Gasteiger partial charge in [-0.1, -0.05) is 6.07 Å². The van der Waals surface area contributed by atoms with Gasteiger partial charge in [-0.3, -0.25) is 4.79 Å². The number of hydrogen-bond acceptors (Lipinski definition) is 3. The van der Waals surface area contributed by atoms with Crippen molar-refractivity contribution in [1.29, 1.82) is 0 Å². The topological polar surface area (TPSA) is 78.3 Å². The van der Waals surface area contributed by atoms with Crippen LogP contribution in [-0.4, -0.2) is 5.91 Å². The first-order valence-electron chi connectivity index (χ1n) is 3.42. The number of benzene rings is 1. The smallest absolute Gasteiger partial charge is 0.252 e. The highest BCUT2D eigenvalue weighted by atomic mass is 16.6. The predicted octanol–water partition coefficient (Wildman–Crippen LogP) is 0.346. The molecule has 0 saturated heterocycles. The zero-order chi connectivity index (χ0) is 9.14. The van der Waals surface area contributed by atoms with E-state index in [0.717, 1.165) is 5.56 Å². The van der Waals surface area contributed by atoms with Gasteiger partial charge in [0.25, 0.3) is 5.91 Å². The highest BCUT2D eigenvalue weighted by Crippen LogP contribution is 2.18. The minimum atomic E-state index is -0.546. The number of primary amides is 1. The minimum Gasteiger partial charge on any atom is -0.411 e. The average molecular weight is 166 g/mol. The van der Waals surface area contributed by atoms with Gasteiger partial charge in [0.05, 0.1) is 5.56 Å². The summed E-state index contributed by atoms with van der Waals surface area (Å²) in [7, 11) is 0. The summed E-state index contributed by atoms with van der Waals surface area (Å²) in [6, 6.07) is 5.00. The zero-order valence-electron chi connectivity index (χ0n) is 6.70. The van der Waals surface area contributed by atoms with Crippen LogP contribution >= 0.6 is 0 Å². The molecule has 0 unspecified atom stereocenters. The summed E-state index contributed by atoms with van der Waals surface area (Å²) in [5.74, 6) is 4.71. The Kier molecular flexibility index (Phi) is 2.30. The molecule has 12 heavy (non-hydrogen) atoms. The molecule has 0 spiro atoms. The lowest BCUT2D eigenvalue weighted by Crippen LogP contribution is -2.15. The van der Waals surface area contributed by atoms with E-state index >= 15 is 0 Å². The van der Waals surface area contributed by atoms with Gasteiger partial charge in [-0.15, -0.1) is 0 Å². The Morgan fingerprint density at radius 1 is 1.50 bits per heavy atom. The lowest BCUT2D eigenvalue weighted by Gasteiger charge is -2.04. The van der Waals surface area contributed by atoms with E-state index < -0.39 is 5.91 Å². The van der Waals surface area contributed by atoms with Gasteiger partial charge in [-0.25, -0.2) is 0 Å². The first kappa shape index (κ1) is 8.55. The second-order valence-electron chi connectivity index (χ2n) is 2.48. The monoisotopic (exact) mass is 166 g/mol. The van der Waals surface area contributed by atoms with E-state index in [0.29, 0.717) is 11.3 Å². The third-order valence-electron chi connectivity index (χ3n) is 1.53. The Morgan fingerprint density at radius 3 is 2.67 bits per heavy atom. The van der Waals surface area contributed by atoms with Crippen LogP contribution in [-0.2, 0) is 0 Å². The largest absolute Gasteiger partial charge is 0.411 e. The molecule has 0 bridgehead atoms. The Balaban J connectivity index is 3.20. The molecule has 4 heteroatoms. The molecule has 4 N–H and O–H groups in total. The van der Waals surface area contributed by atoms with Gasteiger partial charge < -0.3 is 10.6 Å². The summed E-state index contributed by atoms with van der Waals surface area (Å²) in [5, 5.41) is 0. The van der Waals surface area contributed by atoms with Gasteiger partial charge in [-0.05, 0) is 24.6 Å². The van der Waals surface area contributed by atoms with Gasteiger partial charge in [0.2, 0.25) is 0 Å². The maximum Gasteiger partial charge on any atom is 0.252 e. The highest BCUT2D eigenvalue weighted by Gasteiger charge is 2.07. The first-order valence-corrected chi connectivity index (χ1v) is 3.42. The lowest BCUT2D eigenvalue weighted by molar-refractivity contribution is 0.0996.